The Hall–Kier alpha value is -0.860. The van der Waals surface area contributed by atoms with Gasteiger partial charge in [0.25, 0.3) is 0 Å². The summed E-state index contributed by atoms with van der Waals surface area (Å²) in [6, 6.07) is 8.46. The van der Waals surface area contributed by atoms with Crippen LogP contribution in [-0.2, 0) is 14.9 Å². The maximum absolute atomic E-state index is 5.48. The second-order valence-electron chi connectivity index (χ2n) is 4.95. The van der Waals surface area contributed by atoms with Crippen molar-refractivity contribution in [2.24, 2.45) is 0 Å². The van der Waals surface area contributed by atoms with Crippen molar-refractivity contribution >= 4 is 0 Å². The summed E-state index contributed by atoms with van der Waals surface area (Å²) in [6.45, 7) is 8.03. The van der Waals surface area contributed by atoms with Gasteiger partial charge >= 0.3 is 0 Å². The number of rotatable bonds is 1. The van der Waals surface area contributed by atoms with Gasteiger partial charge in [0.1, 0.15) is 0 Å². The Kier molecular flexibility index (Phi) is 2.81. The molecular weight excluding hydrogens is 188 g/mol. The molecule has 0 saturated carbocycles. The average Bonchev–Trinajstić information content (AvgIpc) is 2.69. The zero-order valence-electron chi connectivity index (χ0n) is 9.62. The highest BCUT2D eigenvalue weighted by Crippen LogP contribution is 2.28. The first-order valence-electron chi connectivity index (χ1n) is 5.41. The summed E-state index contributed by atoms with van der Waals surface area (Å²) < 4.78 is 11.0. The lowest BCUT2D eigenvalue weighted by Crippen LogP contribution is -2.12. The molecule has 0 spiro atoms. The van der Waals surface area contributed by atoms with Crippen molar-refractivity contribution in [3.8, 4) is 0 Å². The topological polar surface area (TPSA) is 18.5 Å². The standard InChI is InChI=1S/C13H18O2/c1-13(2,3)11-6-4-5-10(9-11)12-14-7-8-15-12/h4-6,9,12H,7-8H2,1-3H3. The second-order valence-corrected chi connectivity index (χ2v) is 4.95. The Morgan fingerprint density at radius 2 is 1.80 bits per heavy atom. The third-order valence-electron chi connectivity index (χ3n) is 2.65. The quantitative estimate of drug-likeness (QED) is 0.703. The molecule has 2 nitrogen and oxygen atoms in total. The summed E-state index contributed by atoms with van der Waals surface area (Å²) in [5.74, 6) is 0. The van der Waals surface area contributed by atoms with E-state index in [0.717, 1.165) is 5.56 Å². The van der Waals surface area contributed by atoms with Gasteiger partial charge < -0.3 is 9.47 Å². The highest BCUT2D eigenvalue weighted by Gasteiger charge is 2.20. The first-order chi connectivity index (χ1) is 7.07. The molecule has 0 radical (unpaired) electrons. The molecule has 1 aliphatic heterocycles. The van der Waals surface area contributed by atoms with Gasteiger partial charge in [-0.05, 0) is 11.0 Å². The summed E-state index contributed by atoms with van der Waals surface area (Å²) in [5.41, 5.74) is 2.62. The van der Waals surface area contributed by atoms with Crippen LogP contribution in [0.3, 0.4) is 0 Å². The summed E-state index contributed by atoms with van der Waals surface area (Å²) in [7, 11) is 0. The zero-order chi connectivity index (χ0) is 10.9. The molecule has 0 amide bonds. The Balaban J connectivity index is 2.26. The van der Waals surface area contributed by atoms with E-state index < -0.39 is 0 Å². The van der Waals surface area contributed by atoms with Crippen molar-refractivity contribution < 1.29 is 9.47 Å². The first kappa shape index (κ1) is 10.7. The molecule has 1 heterocycles. The van der Waals surface area contributed by atoms with Gasteiger partial charge in [-0.2, -0.15) is 0 Å². The van der Waals surface area contributed by atoms with Gasteiger partial charge in [0.05, 0.1) is 13.2 Å². The maximum Gasteiger partial charge on any atom is 0.184 e. The third kappa shape index (κ3) is 2.39. The van der Waals surface area contributed by atoms with Gasteiger partial charge in [-0.25, -0.2) is 0 Å². The minimum absolute atomic E-state index is 0.160. The van der Waals surface area contributed by atoms with E-state index in [1.54, 1.807) is 0 Å². The van der Waals surface area contributed by atoms with E-state index in [4.69, 9.17) is 9.47 Å². The molecule has 0 bridgehead atoms. The van der Waals surface area contributed by atoms with Crippen LogP contribution < -0.4 is 0 Å². The number of ether oxygens (including phenoxy) is 2. The summed E-state index contributed by atoms with van der Waals surface area (Å²) >= 11 is 0. The smallest absolute Gasteiger partial charge is 0.184 e. The van der Waals surface area contributed by atoms with Crippen molar-refractivity contribution in [2.75, 3.05) is 13.2 Å². The molecule has 2 rings (SSSR count). The predicted molar refractivity (Wildman–Crippen MR) is 59.8 cm³/mol. The lowest BCUT2D eigenvalue weighted by molar-refractivity contribution is -0.0441. The normalized spacial score (nSPS) is 18.3. The molecule has 0 unspecified atom stereocenters. The van der Waals surface area contributed by atoms with E-state index in [1.807, 2.05) is 0 Å². The molecule has 2 heteroatoms. The highest BCUT2D eigenvalue weighted by molar-refractivity contribution is 5.29. The summed E-state index contributed by atoms with van der Waals surface area (Å²) in [5, 5.41) is 0. The minimum Gasteiger partial charge on any atom is -0.346 e. The summed E-state index contributed by atoms with van der Waals surface area (Å²) in [6.07, 6.45) is -0.160. The lowest BCUT2D eigenvalue weighted by atomic mass is 9.86. The fourth-order valence-electron chi connectivity index (χ4n) is 1.70. The molecule has 0 aliphatic carbocycles. The largest absolute Gasteiger partial charge is 0.346 e. The molecule has 1 aromatic rings. The van der Waals surface area contributed by atoms with Crippen LogP contribution >= 0.6 is 0 Å². The molecule has 15 heavy (non-hydrogen) atoms. The number of hydrogen-bond donors (Lipinski definition) is 0. The molecule has 1 aromatic carbocycles. The van der Waals surface area contributed by atoms with Gasteiger partial charge in [-0.1, -0.05) is 45.0 Å². The van der Waals surface area contributed by atoms with E-state index in [2.05, 4.69) is 45.0 Å². The molecule has 82 valence electrons. The first-order valence-corrected chi connectivity index (χ1v) is 5.41. The van der Waals surface area contributed by atoms with Crippen LogP contribution in [0.2, 0.25) is 0 Å². The van der Waals surface area contributed by atoms with Crippen LogP contribution in [0.4, 0.5) is 0 Å². The predicted octanol–water partition coefficient (Wildman–Crippen LogP) is 3.03. The van der Waals surface area contributed by atoms with Gasteiger partial charge in [0.2, 0.25) is 0 Å². The molecule has 1 saturated heterocycles. The molecule has 0 aromatic heterocycles. The van der Waals surface area contributed by atoms with E-state index in [0.29, 0.717) is 13.2 Å². The van der Waals surface area contributed by atoms with Crippen molar-refractivity contribution in [1.29, 1.82) is 0 Å². The molecule has 0 atom stereocenters. The fourth-order valence-corrected chi connectivity index (χ4v) is 1.70. The number of benzene rings is 1. The highest BCUT2D eigenvalue weighted by atomic mass is 16.7. The van der Waals surface area contributed by atoms with Crippen molar-refractivity contribution in [2.45, 2.75) is 32.5 Å². The van der Waals surface area contributed by atoms with Crippen LogP contribution in [0.5, 0.6) is 0 Å². The van der Waals surface area contributed by atoms with Crippen molar-refractivity contribution in [3.63, 3.8) is 0 Å². The van der Waals surface area contributed by atoms with Crippen LogP contribution in [0.25, 0.3) is 0 Å². The Bertz CT molecular complexity index is 333. The molecule has 1 aliphatic rings. The van der Waals surface area contributed by atoms with E-state index in [9.17, 15) is 0 Å². The Morgan fingerprint density at radius 3 is 2.40 bits per heavy atom. The van der Waals surface area contributed by atoms with E-state index >= 15 is 0 Å². The fraction of sp³-hybridized carbons (Fsp3) is 0.538. The van der Waals surface area contributed by atoms with E-state index in [-0.39, 0.29) is 11.7 Å². The maximum atomic E-state index is 5.48. The van der Waals surface area contributed by atoms with Crippen molar-refractivity contribution in [1.82, 2.24) is 0 Å². The van der Waals surface area contributed by atoms with Crippen LogP contribution in [0.1, 0.15) is 38.2 Å². The SMILES string of the molecule is CC(C)(C)c1cccc(C2OCCO2)c1. The average molecular weight is 206 g/mol. The minimum atomic E-state index is -0.160. The number of hydrogen-bond acceptors (Lipinski definition) is 2. The third-order valence-corrected chi connectivity index (χ3v) is 2.65. The monoisotopic (exact) mass is 206 g/mol. The van der Waals surface area contributed by atoms with Crippen LogP contribution in [-0.4, -0.2) is 13.2 Å². The van der Waals surface area contributed by atoms with Crippen LogP contribution in [0, 0.1) is 0 Å². The lowest BCUT2D eigenvalue weighted by Gasteiger charge is -2.20. The summed E-state index contributed by atoms with van der Waals surface area (Å²) in [4.78, 5) is 0. The Morgan fingerprint density at radius 1 is 1.13 bits per heavy atom. The van der Waals surface area contributed by atoms with Gasteiger partial charge in [-0.15, -0.1) is 0 Å². The van der Waals surface area contributed by atoms with Crippen molar-refractivity contribution in [3.05, 3.63) is 35.4 Å². The van der Waals surface area contributed by atoms with Gasteiger partial charge in [0.15, 0.2) is 6.29 Å². The van der Waals surface area contributed by atoms with Gasteiger partial charge in [-0.3, -0.25) is 0 Å². The molecular formula is C13H18O2. The van der Waals surface area contributed by atoms with Gasteiger partial charge in [0, 0.05) is 5.56 Å². The zero-order valence-corrected chi connectivity index (χ0v) is 9.62. The van der Waals surface area contributed by atoms with E-state index in [1.165, 1.54) is 5.56 Å². The second kappa shape index (κ2) is 3.95. The Labute approximate surface area is 91.2 Å². The molecule has 1 fully saturated rings. The van der Waals surface area contributed by atoms with Crippen LogP contribution in [0.15, 0.2) is 24.3 Å². The molecule has 0 N–H and O–H groups in total.